The van der Waals surface area contributed by atoms with Crippen LogP contribution in [0.3, 0.4) is 0 Å². The van der Waals surface area contributed by atoms with E-state index in [9.17, 15) is 0 Å². The molecule has 0 N–H and O–H groups in total. The third kappa shape index (κ3) is 4.21. The van der Waals surface area contributed by atoms with Gasteiger partial charge in [0.15, 0.2) is 0 Å². The maximum absolute atomic E-state index is 6.05. The maximum Gasteiger partial charge on any atom is 2.00 e. The number of hydrogen-bond donors (Lipinski definition) is 0. The molecule has 1 aromatic heterocycles. The number of rotatable bonds is 4. The van der Waals surface area contributed by atoms with Crippen molar-refractivity contribution in [3.63, 3.8) is 0 Å². The normalized spacial score (nSPS) is 12.1. The second-order valence-electron chi connectivity index (χ2n) is 6.83. The molecule has 150 valence electrons. The van der Waals surface area contributed by atoms with Gasteiger partial charge in [-0.3, -0.25) is 4.68 Å². The zero-order valence-corrected chi connectivity index (χ0v) is 19.5. The quantitative estimate of drug-likeness (QED) is 0.254. The Morgan fingerprint density at radius 3 is 2.50 bits per heavy atom. The number of nitrogens with zero attached hydrogens (tertiary/aromatic N) is 2. The van der Waals surface area contributed by atoms with Crippen molar-refractivity contribution in [1.82, 2.24) is 9.78 Å². The number of hydrogen-bond acceptors (Lipinski definition) is 4. The van der Waals surface area contributed by atoms with E-state index in [4.69, 9.17) is 9.39 Å². The van der Waals surface area contributed by atoms with Crippen LogP contribution in [-0.4, -0.2) is 16.0 Å². The van der Waals surface area contributed by atoms with Gasteiger partial charge in [-0.2, -0.15) is 23.3 Å². The minimum atomic E-state index is -0.124. The molecule has 1 aliphatic heterocycles. The number of para-hydroxylation sites is 1. The van der Waals surface area contributed by atoms with Crippen LogP contribution in [0.4, 0.5) is 0 Å². The molecule has 0 radical (unpaired) electrons. The molecule has 0 atom stereocenters. The molecule has 0 spiro atoms. The minimum absolute atomic E-state index is 0. The summed E-state index contributed by atoms with van der Waals surface area (Å²) in [6, 6.07) is 28.4. The molecule has 0 bridgehead atoms. The Bertz CT molecular complexity index is 1170. The van der Waals surface area contributed by atoms with Crippen LogP contribution in [0.25, 0.3) is 5.69 Å². The first kappa shape index (κ1) is 20.8. The second kappa shape index (κ2) is 8.75. The van der Waals surface area contributed by atoms with Gasteiger partial charge in [0.1, 0.15) is 5.75 Å². The van der Waals surface area contributed by atoms with Gasteiger partial charge in [0, 0.05) is 22.1 Å². The summed E-state index contributed by atoms with van der Waals surface area (Å²) in [7, 11) is 0. The molecule has 0 aliphatic carbocycles. The van der Waals surface area contributed by atoms with E-state index in [2.05, 4.69) is 23.3 Å². The first-order valence-electron chi connectivity index (χ1n) is 9.34. The van der Waals surface area contributed by atoms with Crippen molar-refractivity contribution in [3.8, 4) is 22.9 Å². The van der Waals surface area contributed by atoms with Crippen LogP contribution in [0.5, 0.6) is 17.2 Å². The molecule has 3 aromatic carbocycles. The molecule has 4 nitrogen and oxygen atoms in total. The fraction of sp³-hybridized carbons (Fsp3) is 0.0870. The SMILES string of the molecule is Cc1cc(C)n(-c2[c-]c(Oc3[c-]c(B4Oc5ccccc5S4)ccc3)ccc2)n1.[Pt+2]. The molecule has 0 unspecified atom stereocenters. The molecule has 30 heavy (non-hydrogen) atoms. The summed E-state index contributed by atoms with van der Waals surface area (Å²) in [6.07, 6.45) is -0.124. The van der Waals surface area contributed by atoms with E-state index in [-0.39, 0.29) is 27.3 Å². The van der Waals surface area contributed by atoms with Crippen LogP contribution < -0.4 is 14.9 Å². The average molecular weight is 591 g/mol. The van der Waals surface area contributed by atoms with Gasteiger partial charge in [-0.05, 0) is 37.7 Å². The number of benzene rings is 3. The third-order valence-corrected chi connectivity index (χ3v) is 5.73. The zero-order chi connectivity index (χ0) is 19.8. The first-order chi connectivity index (χ1) is 14.2. The van der Waals surface area contributed by atoms with Crippen LogP contribution in [0.15, 0.2) is 71.6 Å². The van der Waals surface area contributed by atoms with E-state index in [1.807, 2.05) is 79.2 Å². The third-order valence-electron chi connectivity index (χ3n) is 4.57. The number of fused-ring (bicyclic) bond motifs is 1. The summed E-state index contributed by atoms with van der Waals surface area (Å²) in [5.74, 6) is 2.16. The van der Waals surface area contributed by atoms with E-state index in [1.54, 1.807) is 11.6 Å². The monoisotopic (exact) mass is 591 g/mol. The van der Waals surface area contributed by atoms with Gasteiger partial charge in [0.25, 0.3) is 0 Å². The molecule has 0 amide bonds. The Kier molecular flexibility index (Phi) is 6.07. The Morgan fingerprint density at radius 1 is 0.967 bits per heavy atom. The van der Waals surface area contributed by atoms with E-state index >= 15 is 0 Å². The van der Waals surface area contributed by atoms with Crippen molar-refractivity contribution in [2.75, 3.05) is 0 Å². The van der Waals surface area contributed by atoms with Gasteiger partial charge in [-0.25, -0.2) is 0 Å². The molecule has 0 saturated heterocycles. The van der Waals surface area contributed by atoms with Crippen LogP contribution >= 0.6 is 11.6 Å². The van der Waals surface area contributed by atoms with Crippen LogP contribution in [0.2, 0.25) is 0 Å². The predicted molar refractivity (Wildman–Crippen MR) is 116 cm³/mol. The van der Waals surface area contributed by atoms with Crippen molar-refractivity contribution in [2.45, 2.75) is 18.7 Å². The summed E-state index contributed by atoms with van der Waals surface area (Å²) in [5.41, 5.74) is 3.81. The van der Waals surface area contributed by atoms with Gasteiger partial charge < -0.3 is 9.39 Å². The molecular formula is C23H17BN2O2PtS. The molecule has 7 heteroatoms. The first-order valence-corrected chi connectivity index (χ1v) is 10.2. The Balaban J connectivity index is 0.00000218. The minimum Gasteiger partial charge on any atom is -0.547 e. The van der Waals surface area contributed by atoms with E-state index in [1.165, 1.54) is 0 Å². The number of ether oxygens (including phenoxy) is 1. The molecule has 5 rings (SSSR count). The average Bonchev–Trinajstić information content (AvgIpc) is 3.31. The van der Waals surface area contributed by atoms with Crippen molar-refractivity contribution in [2.24, 2.45) is 0 Å². The van der Waals surface area contributed by atoms with Gasteiger partial charge in [-0.1, -0.05) is 12.1 Å². The van der Waals surface area contributed by atoms with Gasteiger partial charge in [0.2, 0.25) is 0 Å². The van der Waals surface area contributed by atoms with Crippen molar-refractivity contribution in [1.29, 1.82) is 0 Å². The fourth-order valence-electron chi connectivity index (χ4n) is 3.30. The standard InChI is InChI=1S/C23H17BN2O2S.Pt/c1-16-13-17(2)26(25-16)19-8-6-10-21(15-19)27-20-9-5-7-18(14-20)24-28-22-11-3-4-12-23(22)29-24;/h3-13H,1-2H3;/q-2;+2. The summed E-state index contributed by atoms with van der Waals surface area (Å²) < 4.78 is 14.0. The van der Waals surface area contributed by atoms with Gasteiger partial charge >= 0.3 is 27.3 Å². The molecule has 4 aromatic rings. The molecule has 2 heterocycles. The van der Waals surface area contributed by atoms with Crippen LogP contribution in [0.1, 0.15) is 11.4 Å². The van der Waals surface area contributed by atoms with Crippen molar-refractivity contribution < 1.29 is 30.5 Å². The molecular weight excluding hydrogens is 574 g/mol. The molecule has 0 fully saturated rings. The Hall–Kier alpha value is -2.43. The Labute approximate surface area is 194 Å². The second-order valence-corrected chi connectivity index (χ2v) is 7.93. The smallest absolute Gasteiger partial charge is 0.547 e. The van der Waals surface area contributed by atoms with Crippen LogP contribution in [-0.2, 0) is 21.1 Å². The van der Waals surface area contributed by atoms with Gasteiger partial charge in [0.05, 0.1) is 5.69 Å². The zero-order valence-electron chi connectivity index (χ0n) is 16.4. The van der Waals surface area contributed by atoms with Crippen molar-refractivity contribution in [3.05, 3.63) is 90.3 Å². The fourth-order valence-corrected chi connectivity index (χ4v) is 4.34. The predicted octanol–water partition coefficient (Wildman–Crippen LogP) is 4.76. The van der Waals surface area contributed by atoms with E-state index < -0.39 is 0 Å². The number of aromatic nitrogens is 2. The topological polar surface area (TPSA) is 36.3 Å². The summed E-state index contributed by atoms with van der Waals surface area (Å²) >= 11 is 1.68. The number of aryl methyl sites for hydroxylation is 2. The Morgan fingerprint density at radius 2 is 1.73 bits per heavy atom. The van der Waals surface area contributed by atoms with Crippen LogP contribution in [0, 0.1) is 26.0 Å². The van der Waals surface area contributed by atoms with E-state index in [0.29, 0.717) is 11.5 Å². The van der Waals surface area contributed by atoms with Crippen molar-refractivity contribution >= 4 is 23.3 Å². The largest absolute Gasteiger partial charge is 2.00 e. The maximum atomic E-state index is 6.05. The summed E-state index contributed by atoms with van der Waals surface area (Å²) in [5, 5.41) is 4.52. The summed E-state index contributed by atoms with van der Waals surface area (Å²) in [4.78, 5) is 1.14. The molecule has 0 saturated carbocycles. The van der Waals surface area contributed by atoms with E-state index in [0.717, 1.165) is 33.2 Å². The van der Waals surface area contributed by atoms with Gasteiger partial charge in [-0.15, -0.1) is 47.4 Å². The summed E-state index contributed by atoms with van der Waals surface area (Å²) in [6.45, 7) is 4.00. The molecule has 1 aliphatic rings.